The van der Waals surface area contributed by atoms with E-state index in [1.807, 2.05) is 0 Å². The highest BCUT2D eigenvalue weighted by molar-refractivity contribution is 6.15. The molecule has 0 amide bonds. The number of benzene rings is 6. The lowest BCUT2D eigenvalue weighted by atomic mass is 9.87. The van der Waals surface area contributed by atoms with Crippen LogP contribution in [0.15, 0.2) is 60.7 Å². The van der Waals surface area contributed by atoms with Crippen molar-refractivity contribution >= 4 is 45.4 Å². The van der Waals surface area contributed by atoms with Gasteiger partial charge in [-0.25, -0.2) is 9.59 Å². The number of hydrogen-bond acceptors (Lipinski definition) is 24. The molecule has 0 spiro atoms. The number of ether oxygens (including phenoxy) is 12. The van der Waals surface area contributed by atoms with Gasteiger partial charge in [0.05, 0.1) is 50.8 Å². The van der Waals surface area contributed by atoms with Gasteiger partial charge in [-0.15, -0.1) is 0 Å². The Labute approximate surface area is 452 Å². The zero-order chi connectivity index (χ0) is 56.3. The standard InChI is InChI=1S/2C28H26O12/c1-12(31)39-26-19(32)10-36-28(24(26)33)40-25-17-5-15(8-30)14(7-29)4-16(17)22(23-18(25)9-35-27(23)34)13-2-3-20-21(6-13)38-11-37-20;1-12(31)39-21-10-36-28(25(33)24(21)32)40-26-17-5-15(8-30)14(7-29)4-16(17)22(23-18(26)9-35-27(23)34)13-2-3-19-20(6-13)38-11-37-19/h2-6,19,24,26,28-30,32-33H,7-11H2,1H3;2-6,21,24-25,28-30,32-33H,7-11H2,1H3/t19-,24-,26+,28?;21-,24+,25-,28?/m11/s1. The third-order valence-corrected chi connectivity index (χ3v) is 14.4. The Hall–Kier alpha value is -7.88. The molecule has 2 unspecified atom stereocenters. The number of esters is 4. The summed E-state index contributed by atoms with van der Waals surface area (Å²) in [5.41, 5.74) is 5.09. The molecule has 6 aromatic carbocycles. The van der Waals surface area contributed by atoms with Gasteiger partial charge in [0, 0.05) is 46.9 Å². The summed E-state index contributed by atoms with van der Waals surface area (Å²) in [5, 5.41) is 84.5. The molecule has 8 atom stereocenters. The molecule has 80 heavy (non-hydrogen) atoms. The Morgan fingerprint density at radius 2 is 0.925 bits per heavy atom. The number of cyclic esters (lactones) is 2. The third-order valence-electron chi connectivity index (χ3n) is 14.4. The van der Waals surface area contributed by atoms with E-state index < -0.39 is 73.1 Å². The summed E-state index contributed by atoms with van der Waals surface area (Å²) in [6.07, 6.45) is -11.1. The summed E-state index contributed by atoms with van der Waals surface area (Å²) in [7, 11) is 0. The molecule has 0 aliphatic carbocycles. The Kier molecular flexibility index (Phi) is 14.9. The number of rotatable bonds is 12. The topological polar surface area (TPSA) is 341 Å². The first-order valence-electron chi connectivity index (χ1n) is 25.1. The van der Waals surface area contributed by atoms with Crippen LogP contribution >= 0.6 is 0 Å². The van der Waals surface area contributed by atoms with Crippen molar-refractivity contribution in [1.82, 2.24) is 0 Å². The Morgan fingerprint density at radius 1 is 0.500 bits per heavy atom. The molecule has 8 N–H and O–H groups in total. The van der Waals surface area contributed by atoms with Crippen molar-refractivity contribution in [2.24, 2.45) is 0 Å². The number of aliphatic hydroxyl groups excluding tert-OH is 8. The maximum Gasteiger partial charge on any atom is 0.339 e. The summed E-state index contributed by atoms with van der Waals surface area (Å²) in [5.74, 6) is -0.178. The van der Waals surface area contributed by atoms with Crippen molar-refractivity contribution in [3.8, 4) is 56.8 Å². The van der Waals surface area contributed by atoms with Crippen LogP contribution in [0.3, 0.4) is 0 Å². The van der Waals surface area contributed by atoms with Gasteiger partial charge in [-0.2, -0.15) is 0 Å². The molecule has 6 heterocycles. The highest BCUT2D eigenvalue weighted by Gasteiger charge is 2.45. The SMILES string of the molecule is CC(=O)O[C@@H]1COC(Oc2c3c(c(-c4ccc5c(c4)OCO5)c4cc(CO)c(CO)cc24)C(=O)OC3)[C@H](O)[C@H]1O.CC(=O)O[C@H]1[C@H](O)COC(Oc2c3c(c(-c4ccc5c(c4)OCO5)c4cc(CO)c(CO)cc24)C(=O)OC3)[C@@H]1O. The second-order valence-electron chi connectivity index (χ2n) is 19.3. The molecule has 2 saturated heterocycles. The summed E-state index contributed by atoms with van der Waals surface area (Å²) in [4.78, 5) is 49.2. The number of carbonyl (C=O) groups is 4. The van der Waals surface area contributed by atoms with Crippen molar-refractivity contribution in [1.29, 1.82) is 0 Å². The fraction of sp³-hybridized carbons (Fsp3) is 0.357. The van der Waals surface area contributed by atoms with Crippen LogP contribution in [0, 0.1) is 0 Å². The first-order chi connectivity index (χ1) is 38.6. The molecule has 0 radical (unpaired) electrons. The Balaban J connectivity index is 0.000000169. The minimum Gasteiger partial charge on any atom is -0.461 e. The van der Waals surface area contributed by atoms with E-state index in [-0.39, 0.29) is 89.1 Å². The summed E-state index contributed by atoms with van der Waals surface area (Å²) >= 11 is 0. The van der Waals surface area contributed by atoms with E-state index in [0.717, 1.165) is 6.92 Å². The van der Waals surface area contributed by atoms with Crippen molar-refractivity contribution < 1.29 is 117 Å². The van der Waals surface area contributed by atoms with Crippen LogP contribution in [0.2, 0.25) is 0 Å². The molecule has 12 rings (SSSR count). The number of aliphatic hydroxyl groups is 8. The van der Waals surface area contributed by atoms with Gasteiger partial charge in [-0.05, 0) is 92.7 Å². The zero-order valence-corrected chi connectivity index (χ0v) is 42.6. The van der Waals surface area contributed by atoms with Crippen molar-refractivity contribution in [2.75, 3.05) is 26.8 Å². The fourth-order valence-electron chi connectivity index (χ4n) is 10.6. The van der Waals surface area contributed by atoms with Crippen LogP contribution in [0.25, 0.3) is 43.8 Å². The quantitative estimate of drug-likeness (QED) is 0.0645. The first-order valence-corrected chi connectivity index (χ1v) is 25.1. The van der Waals surface area contributed by atoms with Gasteiger partial charge < -0.3 is 97.7 Å². The summed E-state index contributed by atoms with van der Waals surface area (Å²) in [6.45, 7) is 0.0965. The van der Waals surface area contributed by atoms with E-state index in [1.54, 1.807) is 60.7 Å². The Bertz CT molecular complexity index is 3480. The maximum absolute atomic E-state index is 13.1. The van der Waals surface area contributed by atoms with Gasteiger partial charge in [0.2, 0.25) is 26.2 Å². The molecule has 24 heteroatoms. The van der Waals surface area contributed by atoms with E-state index >= 15 is 0 Å². The second kappa shape index (κ2) is 22.0. The number of hydrogen-bond donors (Lipinski definition) is 8. The van der Waals surface area contributed by atoms with Gasteiger partial charge in [-0.3, -0.25) is 9.59 Å². The van der Waals surface area contributed by atoms with Gasteiger partial charge in [0.1, 0.15) is 43.0 Å². The molecule has 0 saturated carbocycles. The van der Waals surface area contributed by atoms with Crippen LogP contribution in [0.4, 0.5) is 0 Å². The molecule has 6 aliphatic heterocycles. The first kappa shape index (κ1) is 54.1. The molecular formula is C56H52O24. The third kappa shape index (κ3) is 9.67. The van der Waals surface area contributed by atoms with Crippen LogP contribution in [-0.2, 0) is 77.7 Å². The average Bonchev–Trinajstić information content (AvgIpc) is 4.31. The monoisotopic (exact) mass is 1110 g/mol. The van der Waals surface area contributed by atoms with Crippen molar-refractivity contribution in [3.05, 3.63) is 105 Å². The largest absolute Gasteiger partial charge is 0.461 e. The van der Waals surface area contributed by atoms with Gasteiger partial charge in [-0.1, -0.05) is 12.1 Å². The van der Waals surface area contributed by atoms with E-state index in [4.69, 9.17) is 56.8 Å². The lowest BCUT2D eigenvalue weighted by Gasteiger charge is -2.37. The smallest absolute Gasteiger partial charge is 0.339 e. The number of fused-ring (bicyclic) bond motifs is 6. The molecule has 0 aromatic heterocycles. The van der Waals surface area contributed by atoms with Gasteiger partial charge >= 0.3 is 23.9 Å². The normalized spacial score (nSPS) is 23.2. The van der Waals surface area contributed by atoms with Crippen LogP contribution < -0.4 is 28.4 Å². The Morgan fingerprint density at radius 3 is 1.38 bits per heavy atom. The lowest BCUT2D eigenvalue weighted by Crippen LogP contribution is -2.56. The van der Waals surface area contributed by atoms with E-state index in [9.17, 15) is 60.0 Å². The van der Waals surface area contributed by atoms with Crippen LogP contribution in [0.5, 0.6) is 34.5 Å². The maximum atomic E-state index is 13.1. The predicted molar refractivity (Wildman–Crippen MR) is 269 cm³/mol. The van der Waals surface area contributed by atoms with E-state index in [2.05, 4.69) is 0 Å². The minimum atomic E-state index is -1.61. The average molecular weight is 1110 g/mol. The molecule has 0 bridgehead atoms. The van der Waals surface area contributed by atoms with Crippen molar-refractivity contribution in [2.45, 2.75) is 103 Å². The van der Waals surface area contributed by atoms with Gasteiger partial charge in [0.15, 0.2) is 41.3 Å². The number of carbonyl (C=O) groups excluding carboxylic acids is 4. The van der Waals surface area contributed by atoms with Gasteiger partial charge in [0.25, 0.3) is 0 Å². The van der Waals surface area contributed by atoms with E-state index in [1.165, 1.54) is 6.92 Å². The fourth-order valence-corrected chi connectivity index (χ4v) is 10.6. The molecule has 6 aromatic rings. The molecule has 24 nitrogen and oxygen atoms in total. The summed E-state index contributed by atoms with van der Waals surface area (Å²) < 4.78 is 66.4. The zero-order valence-electron chi connectivity index (χ0n) is 42.6. The highest BCUT2D eigenvalue weighted by Crippen LogP contribution is 2.50. The van der Waals surface area contributed by atoms with Crippen molar-refractivity contribution in [3.63, 3.8) is 0 Å². The molecular weight excluding hydrogens is 1060 g/mol. The van der Waals surface area contributed by atoms with E-state index in [0.29, 0.717) is 100 Å². The summed E-state index contributed by atoms with van der Waals surface area (Å²) in [6, 6.07) is 17.0. The van der Waals surface area contributed by atoms with Crippen LogP contribution in [-0.4, -0.2) is 141 Å². The highest BCUT2D eigenvalue weighted by atomic mass is 16.7. The molecule has 2 fully saturated rings. The van der Waals surface area contributed by atoms with Crippen LogP contribution in [0.1, 0.15) is 67.9 Å². The second-order valence-corrected chi connectivity index (χ2v) is 19.3. The molecule has 420 valence electrons. The molecule has 6 aliphatic rings. The minimum absolute atomic E-state index is 0.0632. The lowest BCUT2D eigenvalue weighted by molar-refractivity contribution is -0.248. The predicted octanol–water partition coefficient (Wildman–Crippen LogP) is 2.56.